The van der Waals surface area contributed by atoms with E-state index in [0.29, 0.717) is 5.56 Å². The maximum absolute atomic E-state index is 12.2. The highest BCUT2D eigenvalue weighted by molar-refractivity contribution is 6.04. The summed E-state index contributed by atoms with van der Waals surface area (Å²) in [6.07, 6.45) is 3.19. The van der Waals surface area contributed by atoms with E-state index >= 15 is 0 Å². The number of ether oxygens (including phenoxy) is 1. The van der Waals surface area contributed by atoms with Crippen molar-refractivity contribution in [3.8, 4) is 0 Å². The molecular formula is C22H22N4O2. The Balaban J connectivity index is 1.44. The number of nitrogens with zero attached hydrogens (tertiary/aromatic N) is 2. The van der Waals surface area contributed by atoms with Crippen LogP contribution in [0.5, 0.6) is 0 Å². The summed E-state index contributed by atoms with van der Waals surface area (Å²) in [7, 11) is 0. The van der Waals surface area contributed by atoms with Gasteiger partial charge in [-0.05, 0) is 48.5 Å². The molecule has 2 heterocycles. The standard InChI is InChI=1S/C22H22N4O2/c27-22(17-4-3-11-23-16-17)25-19-9-7-18(8-10-19)24-20-5-1-2-6-21(20)26-12-14-28-15-13-26/h1-11,16,24H,12-15H2,(H,25,27). The first-order chi connectivity index (χ1) is 13.8. The zero-order valence-corrected chi connectivity index (χ0v) is 15.5. The van der Waals surface area contributed by atoms with E-state index in [1.807, 2.05) is 36.4 Å². The Morgan fingerprint density at radius 3 is 2.43 bits per heavy atom. The molecule has 28 heavy (non-hydrogen) atoms. The third-order valence-corrected chi connectivity index (χ3v) is 4.60. The molecule has 3 aromatic rings. The van der Waals surface area contributed by atoms with Gasteiger partial charge in [0.05, 0.1) is 30.2 Å². The predicted molar refractivity (Wildman–Crippen MR) is 111 cm³/mol. The lowest BCUT2D eigenvalue weighted by molar-refractivity contribution is 0.102. The maximum atomic E-state index is 12.2. The number of carbonyl (C=O) groups is 1. The average molecular weight is 374 g/mol. The van der Waals surface area contributed by atoms with E-state index in [1.54, 1.807) is 24.5 Å². The topological polar surface area (TPSA) is 66.5 Å². The summed E-state index contributed by atoms with van der Waals surface area (Å²) in [4.78, 5) is 18.5. The third kappa shape index (κ3) is 4.29. The number of para-hydroxylation sites is 2. The summed E-state index contributed by atoms with van der Waals surface area (Å²) >= 11 is 0. The monoisotopic (exact) mass is 374 g/mol. The number of pyridine rings is 1. The molecular weight excluding hydrogens is 352 g/mol. The van der Waals surface area contributed by atoms with Crippen molar-refractivity contribution in [1.82, 2.24) is 4.98 Å². The first kappa shape index (κ1) is 18.0. The largest absolute Gasteiger partial charge is 0.378 e. The fraction of sp³-hybridized carbons (Fsp3) is 0.182. The van der Waals surface area contributed by atoms with Crippen LogP contribution in [0.1, 0.15) is 10.4 Å². The molecule has 0 atom stereocenters. The average Bonchev–Trinajstić information content (AvgIpc) is 2.77. The number of amides is 1. The molecule has 2 aromatic carbocycles. The van der Waals surface area contributed by atoms with E-state index in [4.69, 9.17) is 4.74 Å². The van der Waals surface area contributed by atoms with Crippen LogP contribution in [0.25, 0.3) is 0 Å². The van der Waals surface area contributed by atoms with Crippen LogP contribution >= 0.6 is 0 Å². The summed E-state index contributed by atoms with van der Waals surface area (Å²) in [6, 6.07) is 19.4. The summed E-state index contributed by atoms with van der Waals surface area (Å²) in [5.74, 6) is -0.175. The minimum atomic E-state index is -0.175. The molecule has 0 unspecified atom stereocenters. The summed E-state index contributed by atoms with van der Waals surface area (Å²) in [5, 5.41) is 6.36. The van der Waals surface area contributed by atoms with Gasteiger partial charge in [-0.25, -0.2) is 0 Å². The quantitative estimate of drug-likeness (QED) is 0.709. The van der Waals surface area contributed by atoms with E-state index in [0.717, 1.165) is 43.4 Å². The second-order valence-corrected chi connectivity index (χ2v) is 6.51. The summed E-state index contributed by atoms with van der Waals surface area (Å²) in [5.41, 5.74) is 4.45. The van der Waals surface area contributed by atoms with Gasteiger partial charge in [0.15, 0.2) is 0 Å². The van der Waals surface area contributed by atoms with Crippen LogP contribution in [0, 0.1) is 0 Å². The molecule has 6 heteroatoms. The van der Waals surface area contributed by atoms with Gasteiger partial charge in [0.25, 0.3) is 5.91 Å². The number of nitrogens with one attached hydrogen (secondary N) is 2. The zero-order chi connectivity index (χ0) is 19.2. The molecule has 1 aromatic heterocycles. The molecule has 0 spiro atoms. The highest BCUT2D eigenvalue weighted by Crippen LogP contribution is 2.29. The van der Waals surface area contributed by atoms with Crippen LogP contribution in [0.2, 0.25) is 0 Å². The normalized spacial score (nSPS) is 13.8. The van der Waals surface area contributed by atoms with Crippen LogP contribution in [0.15, 0.2) is 73.1 Å². The molecule has 1 fully saturated rings. The molecule has 0 bridgehead atoms. The maximum Gasteiger partial charge on any atom is 0.257 e. The van der Waals surface area contributed by atoms with Crippen molar-refractivity contribution in [2.45, 2.75) is 0 Å². The minimum absolute atomic E-state index is 0.175. The molecule has 1 aliphatic rings. The Kier molecular flexibility index (Phi) is 5.49. The first-order valence-electron chi connectivity index (χ1n) is 9.30. The van der Waals surface area contributed by atoms with Gasteiger partial charge in [0, 0.05) is 36.9 Å². The molecule has 1 amide bonds. The third-order valence-electron chi connectivity index (χ3n) is 4.60. The fourth-order valence-electron chi connectivity index (χ4n) is 3.15. The predicted octanol–water partition coefficient (Wildman–Crippen LogP) is 3.91. The van der Waals surface area contributed by atoms with Crippen LogP contribution in [0.4, 0.5) is 22.7 Å². The molecule has 1 saturated heterocycles. The Bertz CT molecular complexity index is 923. The Morgan fingerprint density at radius 1 is 0.929 bits per heavy atom. The molecule has 6 nitrogen and oxygen atoms in total. The molecule has 4 rings (SSSR count). The van der Waals surface area contributed by atoms with Crippen molar-refractivity contribution in [3.05, 3.63) is 78.6 Å². The number of anilines is 4. The molecule has 0 saturated carbocycles. The van der Waals surface area contributed by atoms with Gasteiger partial charge >= 0.3 is 0 Å². The number of carbonyl (C=O) groups excluding carboxylic acids is 1. The second kappa shape index (κ2) is 8.54. The lowest BCUT2D eigenvalue weighted by Gasteiger charge is -2.30. The number of hydrogen-bond acceptors (Lipinski definition) is 5. The minimum Gasteiger partial charge on any atom is -0.378 e. The van der Waals surface area contributed by atoms with Crippen molar-refractivity contribution < 1.29 is 9.53 Å². The van der Waals surface area contributed by atoms with Crippen LogP contribution in [0.3, 0.4) is 0 Å². The van der Waals surface area contributed by atoms with Crippen molar-refractivity contribution in [1.29, 1.82) is 0 Å². The van der Waals surface area contributed by atoms with Gasteiger partial charge < -0.3 is 20.3 Å². The zero-order valence-electron chi connectivity index (χ0n) is 15.5. The lowest BCUT2D eigenvalue weighted by atomic mass is 10.2. The summed E-state index contributed by atoms with van der Waals surface area (Å²) in [6.45, 7) is 3.27. The van der Waals surface area contributed by atoms with Crippen LogP contribution in [-0.2, 0) is 4.74 Å². The van der Waals surface area contributed by atoms with Crippen molar-refractivity contribution in [2.24, 2.45) is 0 Å². The van der Waals surface area contributed by atoms with Gasteiger partial charge in [-0.15, -0.1) is 0 Å². The molecule has 0 aliphatic carbocycles. The Labute approximate surface area is 164 Å². The van der Waals surface area contributed by atoms with Crippen LogP contribution in [-0.4, -0.2) is 37.2 Å². The van der Waals surface area contributed by atoms with Crippen LogP contribution < -0.4 is 15.5 Å². The molecule has 0 radical (unpaired) electrons. The number of hydrogen-bond donors (Lipinski definition) is 2. The smallest absolute Gasteiger partial charge is 0.257 e. The molecule has 1 aliphatic heterocycles. The Morgan fingerprint density at radius 2 is 1.68 bits per heavy atom. The van der Waals surface area contributed by atoms with Gasteiger partial charge in [-0.1, -0.05) is 12.1 Å². The van der Waals surface area contributed by atoms with Crippen molar-refractivity contribution in [3.63, 3.8) is 0 Å². The SMILES string of the molecule is O=C(Nc1ccc(Nc2ccccc2N2CCOCC2)cc1)c1cccnc1. The fourth-order valence-corrected chi connectivity index (χ4v) is 3.15. The van der Waals surface area contributed by atoms with Crippen molar-refractivity contribution in [2.75, 3.05) is 41.8 Å². The van der Waals surface area contributed by atoms with E-state index in [-0.39, 0.29) is 5.91 Å². The number of morpholine rings is 1. The van der Waals surface area contributed by atoms with E-state index in [1.165, 1.54) is 5.69 Å². The van der Waals surface area contributed by atoms with Gasteiger partial charge in [0.1, 0.15) is 0 Å². The Hall–Kier alpha value is -3.38. The highest BCUT2D eigenvalue weighted by atomic mass is 16.5. The van der Waals surface area contributed by atoms with E-state index in [9.17, 15) is 4.79 Å². The highest BCUT2D eigenvalue weighted by Gasteiger charge is 2.14. The number of aromatic nitrogens is 1. The van der Waals surface area contributed by atoms with Gasteiger partial charge in [-0.2, -0.15) is 0 Å². The second-order valence-electron chi connectivity index (χ2n) is 6.51. The number of rotatable bonds is 5. The summed E-state index contributed by atoms with van der Waals surface area (Å²) < 4.78 is 5.46. The number of benzene rings is 2. The molecule has 2 N–H and O–H groups in total. The van der Waals surface area contributed by atoms with E-state index in [2.05, 4.69) is 32.7 Å². The van der Waals surface area contributed by atoms with Crippen molar-refractivity contribution >= 4 is 28.7 Å². The van der Waals surface area contributed by atoms with Gasteiger partial charge in [0.2, 0.25) is 0 Å². The molecule has 142 valence electrons. The lowest BCUT2D eigenvalue weighted by Crippen LogP contribution is -2.36. The van der Waals surface area contributed by atoms with Gasteiger partial charge in [-0.3, -0.25) is 9.78 Å². The first-order valence-corrected chi connectivity index (χ1v) is 9.30. The van der Waals surface area contributed by atoms with E-state index < -0.39 is 0 Å².